The van der Waals surface area contributed by atoms with Crippen molar-refractivity contribution >= 4 is 37.1 Å². The Morgan fingerprint density at radius 2 is 1.00 bits per heavy atom. The Morgan fingerprint density at radius 1 is 0.778 bits per heavy atom. The maximum Gasteiger partial charge on any atom is 0.286 e. The summed E-state index contributed by atoms with van der Waals surface area (Å²) in [6, 6.07) is -0.292. The summed E-state index contributed by atoms with van der Waals surface area (Å²) >= 11 is 0. The molecule has 0 aliphatic carbocycles. The van der Waals surface area contributed by atoms with E-state index in [0.29, 0.717) is 0 Å². The molecule has 0 fully saturated rings. The fourth-order valence-electron chi connectivity index (χ4n) is 1.07. The highest BCUT2D eigenvalue weighted by Crippen LogP contribution is 2.52. The van der Waals surface area contributed by atoms with Crippen molar-refractivity contribution in [3.05, 3.63) is 0 Å². The summed E-state index contributed by atoms with van der Waals surface area (Å²) in [5, 5.41) is 0. The molecule has 0 saturated carbocycles. The van der Waals surface area contributed by atoms with Crippen LogP contribution in [0.3, 0.4) is 0 Å². The third-order valence-electron chi connectivity index (χ3n) is 1.69. The molecule has 8 N–H and O–H groups in total. The van der Waals surface area contributed by atoms with Gasteiger partial charge in [-0.05, 0) is 27.7 Å². The smallest absolute Gasteiger partial charge is 0.270 e. The maximum atomic E-state index is 11.7. The third kappa shape index (κ3) is 6.38. The van der Waals surface area contributed by atoms with E-state index in [-0.39, 0.29) is 12.1 Å². The summed E-state index contributed by atoms with van der Waals surface area (Å²) in [4.78, 5) is 0. The topological polar surface area (TPSA) is 145 Å². The Labute approximate surface area is 116 Å². The van der Waals surface area contributed by atoms with Crippen LogP contribution in [0, 0.1) is 0 Å². The second-order valence-electron chi connectivity index (χ2n) is 4.29. The van der Waals surface area contributed by atoms with Crippen LogP contribution in [0.5, 0.6) is 0 Å². The second-order valence-corrected chi connectivity index (χ2v) is 10.4. The lowest BCUT2D eigenvalue weighted by atomic mass is 10.4. The molecule has 0 atom stereocenters. The third-order valence-corrected chi connectivity index (χ3v) is 8.91. The highest BCUT2D eigenvalue weighted by molar-refractivity contribution is 8.76. The summed E-state index contributed by atoms with van der Waals surface area (Å²) in [5.41, 5.74) is 21.7. The molecule has 18 heavy (non-hydrogen) atoms. The molecule has 0 aliphatic heterocycles. The van der Waals surface area contributed by atoms with Gasteiger partial charge in [-0.15, -0.1) is 0 Å². The van der Waals surface area contributed by atoms with Gasteiger partial charge in [0.25, 0.3) is 15.2 Å². The van der Waals surface area contributed by atoms with Crippen molar-refractivity contribution in [3.63, 3.8) is 0 Å². The standard InChI is InChI=1S/C6H22N6O2P2S2/c1-5(2)11(15(7,8)13)17-18-12(6(3)4)16(9,10)14/h5-6H,1-4H3,(H4,7,8,13)(H4,9,10,14). The zero-order chi connectivity index (χ0) is 14.7. The molecule has 8 nitrogen and oxygen atoms in total. The van der Waals surface area contributed by atoms with E-state index in [9.17, 15) is 9.13 Å². The van der Waals surface area contributed by atoms with Gasteiger partial charge in [-0.3, -0.25) is 31.1 Å². The Hall–Kier alpha value is 0.920. The van der Waals surface area contributed by atoms with Crippen LogP contribution in [0.1, 0.15) is 27.7 Å². The SMILES string of the molecule is CC(C)N(SSN(C(C)C)P(N)(N)=O)P(N)(N)=O. The van der Waals surface area contributed by atoms with Crippen LogP contribution >= 0.6 is 37.1 Å². The Balaban J connectivity index is 4.80. The van der Waals surface area contributed by atoms with E-state index in [2.05, 4.69) is 0 Å². The molecule has 0 aromatic carbocycles. The lowest BCUT2D eigenvalue weighted by molar-refractivity contribution is 0.495. The largest absolute Gasteiger partial charge is 0.286 e. The molecule has 12 heteroatoms. The average Bonchev–Trinajstić information content (AvgIpc) is 2.05. The molecule has 0 bridgehead atoms. The van der Waals surface area contributed by atoms with Crippen molar-refractivity contribution in [2.24, 2.45) is 22.0 Å². The van der Waals surface area contributed by atoms with Crippen LogP contribution in [0.2, 0.25) is 0 Å². The van der Waals surface area contributed by atoms with Gasteiger partial charge in [-0.25, -0.2) is 0 Å². The fraction of sp³-hybridized carbons (Fsp3) is 1.00. The molecule has 0 aliphatic rings. The predicted octanol–water partition coefficient (Wildman–Crippen LogP) is 1.67. The summed E-state index contributed by atoms with van der Waals surface area (Å²) in [7, 11) is -4.73. The van der Waals surface area contributed by atoms with E-state index < -0.39 is 15.2 Å². The van der Waals surface area contributed by atoms with Crippen LogP contribution in [-0.4, -0.2) is 20.2 Å². The number of hydrogen-bond donors (Lipinski definition) is 4. The second kappa shape index (κ2) is 7.08. The van der Waals surface area contributed by atoms with Crippen molar-refractivity contribution in [1.29, 1.82) is 0 Å². The Kier molecular flexibility index (Phi) is 7.44. The van der Waals surface area contributed by atoms with Gasteiger partial charge in [-0.1, -0.05) is 0 Å². The molecule has 0 rings (SSSR count). The van der Waals surface area contributed by atoms with Gasteiger partial charge in [-0.2, -0.15) is 8.15 Å². The first-order valence-electron chi connectivity index (χ1n) is 5.16. The number of rotatable bonds is 7. The maximum absolute atomic E-state index is 11.7. The zero-order valence-electron chi connectivity index (χ0n) is 10.9. The Morgan fingerprint density at radius 3 is 1.11 bits per heavy atom. The molecule has 0 heterocycles. The lowest BCUT2D eigenvalue weighted by Crippen LogP contribution is -2.31. The highest BCUT2D eigenvalue weighted by Gasteiger charge is 2.31. The van der Waals surface area contributed by atoms with Gasteiger partial charge in [0.15, 0.2) is 0 Å². The molecular weight excluding hydrogens is 314 g/mol. The van der Waals surface area contributed by atoms with Crippen LogP contribution in [-0.2, 0) is 9.13 Å². The van der Waals surface area contributed by atoms with E-state index in [4.69, 9.17) is 22.0 Å². The molecule has 0 radical (unpaired) electrons. The molecule has 0 unspecified atom stereocenters. The average molecular weight is 336 g/mol. The van der Waals surface area contributed by atoms with E-state index in [1.807, 2.05) is 0 Å². The van der Waals surface area contributed by atoms with Gasteiger partial charge in [0.2, 0.25) is 0 Å². The van der Waals surface area contributed by atoms with Gasteiger partial charge >= 0.3 is 0 Å². The van der Waals surface area contributed by atoms with Crippen molar-refractivity contribution in [3.8, 4) is 0 Å². The summed E-state index contributed by atoms with van der Waals surface area (Å²) in [6.07, 6.45) is 0. The lowest BCUT2D eigenvalue weighted by Gasteiger charge is -2.31. The molecule has 0 amide bonds. The normalized spacial score (nSPS) is 14.2. The van der Waals surface area contributed by atoms with Crippen molar-refractivity contribution in [2.75, 3.05) is 0 Å². The molecule has 0 spiro atoms. The monoisotopic (exact) mass is 336 g/mol. The summed E-state index contributed by atoms with van der Waals surface area (Å²) in [5.74, 6) is 0. The van der Waals surface area contributed by atoms with E-state index in [1.54, 1.807) is 27.7 Å². The van der Waals surface area contributed by atoms with Crippen molar-refractivity contribution in [1.82, 2.24) is 8.15 Å². The molecular formula is C6H22N6O2P2S2. The first-order chi connectivity index (χ1) is 7.87. The van der Waals surface area contributed by atoms with E-state index in [1.165, 1.54) is 8.15 Å². The molecule has 0 aromatic rings. The van der Waals surface area contributed by atoms with E-state index >= 15 is 0 Å². The molecule has 0 saturated heterocycles. The number of nitrogens with two attached hydrogens (primary N) is 4. The molecule has 0 aromatic heterocycles. The van der Waals surface area contributed by atoms with Crippen LogP contribution in [0.15, 0.2) is 0 Å². The minimum Gasteiger partial charge on any atom is -0.270 e. The van der Waals surface area contributed by atoms with Crippen LogP contribution in [0.4, 0.5) is 0 Å². The van der Waals surface area contributed by atoms with Crippen LogP contribution in [0.25, 0.3) is 0 Å². The first kappa shape index (κ1) is 18.9. The summed E-state index contributed by atoms with van der Waals surface area (Å²) in [6.45, 7) is 7.18. The van der Waals surface area contributed by atoms with Gasteiger partial charge in [0.1, 0.15) is 0 Å². The quantitative estimate of drug-likeness (QED) is 0.307. The van der Waals surface area contributed by atoms with Gasteiger partial charge < -0.3 is 0 Å². The first-order valence-corrected chi connectivity index (χ1v) is 10.8. The summed E-state index contributed by atoms with van der Waals surface area (Å²) < 4.78 is 26.1. The Bertz CT molecular complexity index is 322. The van der Waals surface area contributed by atoms with Gasteiger partial charge in [0.05, 0.1) is 0 Å². The number of nitrogens with zero attached hydrogens (tertiary/aromatic N) is 2. The number of hydrogen-bond acceptors (Lipinski definition) is 4. The van der Waals surface area contributed by atoms with E-state index in [0.717, 1.165) is 22.0 Å². The predicted molar refractivity (Wildman–Crippen MR) is 81.1 cm³/mol. The highest BCUT2D eigenvalue weighted by atomic mass is 33.1. The van der Waals surface area contributed by atoms with Crippen molar-refractivity contribution in [2.45, 2.75) is 39.8 Å². The minimum atomic E-state index is -3.39. The minimum absolute atomic E-state index is 0.146. The zero-order valence-corrected chi connectivity index (χ0v) is 14.3. The van der Waals surface area contributed by atoms with Crippen molar-refractivity contribution < 1.29 is 9.13 Å². The van der Waals surface area contributed by atoms with Gasteiger partial charge in [0, 0.05) is 34.0 Å². The fourth-order valence-corrected chi connectivity index (χ4v) is 7.68. The van der Waals surface area contributed by atoms with Crippen LogP contribution < -0.4 is 22.0 Å². The molecule has 110 valence electrons.